The van der Waals surface area contributed by atoms with Crippen molar-refractivity contribution >= 4 is 46.1 Å². The second kappa shape index (κ2) is 10.6. The monoisotopic (exact) mass is 496 g/mol. The number of rotatable bonds is 8. The highest BCUT2D eigenvalue weighted by molar-refractivity contribution is 8.14. The van der Waals surface area contributed by atoms with E-state index in [1.54, 1.807) is 54.6 Å². The molecule has 0 saturated carbocycles. The minimum atomic E-state index is -0.309. The zero-order valence-electron chi connectivity index (χ0n) is 18.2. The van der Waals surface area contributed by atoms with Gasteiger partial charge in [-0.05, 0) is 53.6 Å². The molecule has 34 heavy (non-hydrogen) atoms. The van der Waals surface area contributed by atoms with Crippen LogP contribution in [0.2, 0.25) is 5.02 Å². The molecule has 1 aliphatic rings. The van der Waals surface area contributed by atoms with Gasteiger partial charge in [-0.3, -0.25) is 19.3 Å². The van der Waals surface area contributed by atoms with Crippen molar-refractivity contribution in [3.8, 4) is 11.5 Å². The molecule has 3 aromatic carbocycles. The standard InChI is InChI=1S/C25H21ClN2O5S/c1-32-22-12-18(6-11-21(22)33-14-17-2-7-19(26)8-3-17)24(30)27-20-9-4-16(5-10-20)13-28-23(29)15-34-25(28)31/h2-12H,13-15H2,1H3,(H,27,30). The Morgan fingerprint density at radius 2 is 1.71 bits per heavy atom. The number of carbonyl (C=O) groups is 3. The van der Waals surface area contributed by atoms with Gasteiger partial charge in [0.15, 0.2) is 11.5 Å². The van der Waals surface area contributed by atoms with Crippen molar-refractivity contribution in [1.82, 2.24) is 4.90 Å². The summed E-state index contributed by atoms with van der Waals surface area (Å²) in [4.78, 5) is 37.5. The summed E-state index contributed by atoms with van der Waals surface area (Å²) in [7, 11) is 1.51. The first-order valence-corrected chi connectivity index (χ1v) is 11.7. The largest absolute Gasteiger partial charge is 0.493 e. The molecule has 174 valence electrons. The summed E-state index contributed by atoms with van der Waals surface area (Å²) in [6.07, 6.45) is 0. The van der Waals surface area contributed by atoms with Gasteiger partial charge in [0.05, 0.1) is 19.4 Å². The van der Waals surface area contributed by atoms with E-state index >= 15 is 0 Å². The third-order valence-electron chi connectivity index (χ3n) is 5.13. The molecule has 7 nitrogen and oxygen atoms in total. The number of nitrogens with one attached hydrogen (secondary N) is 1. The smallest absolute Gasteiger partial charge is 0.289 e. The summed E-state index contributed by atoms with van der Waals surface area (Å²) in [5.74, 6) is 0.636. The van der Waals surface area contributed by atoms with Gasteiger partial charge in [0.1, 0.15) is 6.61 Å². The zero-order chi connectivity index (χ0) is 24.1. The van der Waals surface area contributed by atoms with Crippen molar-refractivity contribution < 1.29 is 23.9 Å². The lowest BCUT2D eigenvalue weighted by Crippen LogP contribution is -2.27. The van der Waals surface area contributed by atoms with Crippen molar-refractivity contribution in [2.45, 2.75) is 13.2 Å². The van der Waals surface area contributed by atoms with Crippen molar-refractivity contribution in [3.63, 3.8) is 0 Å². The third kappa shape index (κ3) is 5.70. The average molecular weight is 497 g/mol. The minimum Gasteiger partial charge on any atom is -0.493 e. The summed E-state index contributed by atoms with van der Waals surface area (Å²) in [6.45, 7) is 0.548. The molecule has 1 heterocycles. The highest BCUT2D eigenvalue weighted by atomic mass is 35.5. The summed E-state index contributed by atoms with van der Waals surface area (Å²) < 4.78 is 11.2. The molecule has 9 heteroatoms. The number of methoxy groups -OCH3 is 1. The molecule has 0 aromatic heterocycles. The highest BCUT2D eigenvalue weighted by Crippen LogP contribution is 2.29. The molecule has 0 spiro atoms. The molecule has 3 amide bonds. The number of hydrogen-bond acceptors (Lipinski definition) is 6. The second-order valence-electron chi connectivity index (χ2n) is 7.47. The molecule has 0 atom stereocenters. The molecule has 0 unspecified atom stereocenters. The van der Waals surface area contributed by atoms with Gasteiger partial charge in [-0.25, -0.2) is 0 Å². The Morgan fingerprint density at radius 3 is 2.35 bits per heavy atom. The lowest BCUT2D eigenvalue weighted by molar-refractivity contribution is -0.125. The van der Waals surface area contributed by atoms with Crippen molar-refractivity contribution in [1.29, 1.82) is 0 Å². The number of amides is 3. The number of thioether (sulfide) groups is 1. The second-order valence-corrected chi connectivity index (χ2v) is 8.83. The Labute approximate surface area is 206 Å². The van der Waals surface area contributed by atoms with Crippen LogP contribution in [0.15, 0.2) is 66.7 Å². The molecule has 1 aliphatic heterocycles. The van der Waals surface area contributed by atoms with Gasteiger partial charge in [-0.2, -0.15) is 0 Å². The fourth-order valence-electron chi connectivity index (χ4n) is 3.28. The molecule has 1 fully saturated rings. The lowest BCUT2D eigenvalue weighted by atomic mass is 10.1. The quantitative estimate of drug-likeness (QED) is 0.451. The molecule has 1 saturated heterocycles. The fraction of sp³-hybridized carbons (Fsp3) is 0.160. The summed E-state index contributed by atoms with van der Waals surface area (Å²) in [5.41, 5.74) is 2.74. The van der Waals surface area contributed by atoms with E-state index in [2.05, 4.69) is 5.32 Å². The Bertz CT molecular complexity index is 1200. The number of hydrogen-bond donors (Lipinski definition) is 1. The number of nitrogens with zero attached hydrogens (tertiary/aromatic N) is 1. The van der Waals surface area contributed by atoms with Gasteiger partial charge in [-0.1, -0.05) is 47.6 Å². The summed E-state index contributed by atoms with van der Waals surface area (Å²) in [6, 6.07) is 19.3. The van der Waals surface area contributed by atoms with Gasteiger partial charge >= 0.3 is 0 Å². The SMILES string of the molecule is COc1cc(C(=O)Nc2ccc(CN3C(=O)CSC3=O)cc2)ccc1OCc1ccc(Cl)cc1. The van der Waals surface area contributed by atoms with E-state index in [1.165, 1.54) is 12.0 Å². The van der Waals surface area contributed by atoms with Crippen molar-refractivity contribution in [3.05, 3.63) is 88.4 Å². The molecule has 4 rings (SSSR count). The van der Waals surface area contributed by atoms with E-state index in [1.807, 2.05) is 12.1 Å². The summed E-state index contributed by atoms with van der Waals surface area (Å²) in [5, 5.41) is 3.25. The maximum atomic E-state index is 12.7. The topological polar surface area (TPSA) is 84.9 Å². The van der Waals surface area contributed by atoms with Crippen LogP contribution in [0.3, 0.4) is 0 Å². The molecule has 0 bridgehead atoms. The van der Waals surface area contributed by atoms with Crippen LogP contribution in [0.1, 0.15) is 21.5 Å². The van der Waals surface area contributed by atoms with Crippen molar-refractivity contribution in [2.24, 2.45) is 0 Å². The number of benzene rings is 3. The number of anilines is 1. The van der Waals surface area contributed by atoms with E-state index in [9.17, 15) is 14.4 Å². The first-order valence-electron chi connectivity index (χ1n) is 10.4. The molecular weight excluding hydrogens is 476 g/mol. The third-order valence-corrected chi connectivity index (χ3v) is 6.24. The molecule has 3 aromatic rings. The Hall–Kier alpha value is -3.49. The normalized spacial score (nSPS) is 13.2. The lowest BCUT2D eigenvalue weighted by Gasteiger charge is -2.14. The van der Waals surface area contributed by atoms with Gasteiger partial charge in [0.2, 0.25) is 5.91 Å². The van der Waals surface area contributed by atoms with Gasteiger partial charge in [0.25, 0.3) is 11.1 Å². The van der Waals surface area contributed by atoms with Crippen LogP contribution in [0.4, 0.5) is 10.5 Å². The Morgan fingerprint density at radius 1 is 1.00 bits per heavy atom. The Balaban J connectivity index is 1.38. The van der Waals surface area contributed by atoms with Crippen LogP contribution in [0, 0.1) is 0 Å². The average Bonchev–Trinajstić information content (AvgIpc) is 3.16. The van der Waals surface area contributed by atoms with Crippen LogP contribution in [0.25, 0.3) is 0 Å². The Kier molecular flexibility index (Phi) is 7.40. The van der Waals surface area contributed by atoms with E-state index in [-0.39, 0.29) is 29.4 Å². The fourth-order valence-corrected chi connectivity index (χ4v) is 4.13. The van der Waals surface area contributed by atoms with Crippen molar-refractivity contribution in [2.75, 3.05) is 18.2 Å². The number of halogens is 1. The maximum absolute atomic E-state index is 12.7. The predicted molar refractivity (Wildman–Crippen MR) is 132 cm³/mol. The first-order chi connectivity index (χ1) is 16.4. The van der Waals surface area contributed by atoms with Crippen LogP contribution in [-0.2, 0) is 17.9 Å². The first kappa shape index (κ1) is 23.7. The number of imide groups is 1. The van der Waals surface area contributed by atoms with Gasteiger partial charge in [0, 0.05) is 16.3 Å². The minimum absolute atomic E-state index is 0.182. The van der Waals surface area contributed by atoms with E-state index in [4.69, 9.17) is 21.1 Å². The van der Waals surface area contributed by atoms with Gasteiger partial charge < -0.3 is 14.8 Å². The predicted octanol–water partition coefficient (Wildman–Crippen LogP) is 5.38. The molecule has 1 N–H and O–H groups in total. The van der Waals surface area contributed by atoms with Crippen LogP contribution in [0.5, 0.6) is 11.5 Å². The number of ether oxygens (including phenoxy) is 2. The van der Waals surface area contributed by atoms with E-state index in [0.29, 0.717) is 34.4 Å². The maximum Gasteiger partial charge on any atom is 0.289 e. The van der Waals surface area contributed by atoms with E-state index < -0.39 is 0 Å². The molecule has 0 radical (unpaired) electrons. The zero-order valence-corrected chi connectivity index (χ0v) is 19.8. The van der Waals surface area contributed by atoms with Gasteiger partial charge in [-0.15, -0.1) is 0 Å². The molecular formula is C25H21ClN2O5S. The number of carbonyl (C=O) groups excluding carboxylic acids is 3. The van der Waals surface area contributed by atoms with Crippen LogP contribution >= 0.6 is 23.4 Å². The van der Waals surface area contributed by atoms with Crippen LogP contribution < -0.4 is 14.8 Å². The highest BCUT2D eigenvalue weighted by Gasteiger charge is 2.29. The van der Waals surface area contributed by atoms with Crippen LogP contribution in [-0.4, -0.2) is 34.8 Å². The molecule has 0 aliphatic carbocycles. The van der Waals surface area contributed by atoms with E-state index in [0.717, 1.165) is 22.9 Å². The summed E-state index contributed by atoms with van der Waals surface area (Å²) >= 11 is 6.91.